The third-order valence-electron chi connectivity index (χ3n) is 4.65. The van der Waals surface area contributed by atoms with E-state index in [2.05, 4.69) is 36.5 Å². The van der Waals surface area contributed by atoms with Crippen LogP contribution in [0.5, 0.6) is 0 Å². The summed E-state index contributed by atoms with van der Waals surface area (Å²) in [5.41, 5.74) is 0.662. The summed E-state index contributed by atoms with van der Waals surface area (Å²) >= 11 is 0. The van der Waals surface area contributed by atoms with Gasteiger partial charge in [0.2, 0.25) is 5.91 Å². The van der Waals surface area contributed by atoms with Crippen LogP contribution in [0.4, 0.5) is 5.82 Å². The second-order valence-corrected chi connectivity index (χ2v) is 7.99. The monoisotopic (exact) mass is 322 g/mol. The first-order valence-corrected chi connectivity index (χ1v) is 8.31. The van der Waals surface area contributed by atoms with Crippen LogP contribution in [-0.4, -0.2) is 39.5 Å². The topological polar surface area (TPSA) is 79.2 Å². The van der Waals surface area contributed by atoms with Crippen LogP contribution in [0.3, 0.4) is 0 Å². The van der Waals surface area contributed by atoms with Gasteiger partial charge >= 0.3 is 0 Å². The van der Waals surface area contributed by atoms with E-state index >= 15 is 0 Å². The van der Waals surface area contributed by atoms with Crippen molar-refractivity contribution in [2.24, 2.45) is 18.4 Å². The zero-order valence-electron chi connectivity index (χ0n) is 14.9. The molecule has 1 fully saturated rings. The van der Waals surface area contributed by atoms with Crippen LogP contribution in [0.1, 0.15) is 45.7 Å². The molecule has 0 bridgehead atoms. The van der Waals surface area contributed by atoms with Gasteiger partial charge in [0.25, 0.3) is 0 Å². The van der Waals surface area contributed by atoms with Gasteiger partial charge in [-0.05, 0) is 37.5 Å². The van der Waals surface area contributed by atoms with Crippen molar-refractivity contribution in [3.8, 4) is 0 Å². The molecule has 1 aliphatic rings. The fourth-order valence-electron chi connectivity index (χ4n) is 4.24. The number of aryl methyl sites for hydroxylation is 2. The van der Waals surface area contributed by atoms with Crippen molar-refractivity contribution < 1.29 is 9.90 Å². The molecule has 1 aromatic heterocycles. The van der Waals surface area contributed by atoms with Gasteiger partial charge in [-0.1, -0.05) is 20.8 Å². The second kappa shape index (κ2) is 6.61. The number of carbonyl (C=O) groups is 1. The van der Waals surface area contributed by atoms with E-state index in [1.807, 2.05) is 13.0 Å². The van der Waals surface area contributed by atoms with Crippen molar-refractivity contribution in [1.82, 2.24) is 15.1 Å². The minimum atomic E-state index is -0.374. The highest BCUT2D eigenvalue weighted by Gasteiger charge is 2.42. The maximum Gasteiger partial charge on any atom is 0.239 e. The van der Waals surface area contributed by atoms with Gasteiger partial charge in [-0.25, -0.2) is 0 Å². The Bertz CT molecular complexity index is 567. The van der Waals surface area contributed by atoms with Crippen LogP contribution in [0, 0.1) is 18.3 Å². The minimum Gasteiger partial charge on any atom is -0.394 e. The van der Waals surface area contributed by atoms with Crippen LogP contribution in [-0.2, 0) is 11.8 Å². The molecular formula is C17H30N4O2. The predicted molar refractivity (Wildman–Crippen MR) is 91.2 cm³/mol. The molecule has 2 atom stereocenters. The number of amides is 1. The standard InChI is InChI=1S/C17H30N4O2/c1-12-7-16(3,4)10-17(8-12,11-22)18-9-15(23)19-14-6-13(2)20-21(14)5/h6,12,18,22H,7-11H2,1-5H3,(H,19,23). The second-order valence-electron chi connectivity index (χ2n) is 7.99. The molecule has 0 saturated heterocycles. The Morgan fingerprint density at radius 3 is 2.70 bits per heavy atom. The average molecular weight is 322 g/mol. The molecule has 6 nitrogen and oxygen atoms in total. The molecule has 0 aliphatic heterocycles. The third kappa shape index (κ3) is 4.54. The third-order valence-corrected chi connectivity index (χ3v) is 4.65. The first-order valence-electron chi connectivity index (χ1n) is 8.31. The molecule has 2 rings (SSSR count). The lowest BCUT2D eigenvalue weighted by Crippen LogP contribution is -2.56. The van der Waals surface area contributed by atoms with E-state index in [1.54, 1.807) is 11.7 Å². The van der Waals surface area contributed by atoms with Gasteiger partial charge in [0.05, 0.1) is 18.8 Å². The molecule has 0 spiro atoms. The van der Waals surface area contributed by atoms with Crippen molar-refractivity contribution in [3.05, 3.63) is 11.8 Å². The summed E-state index contributed by atoms with van der Waals surface area (Å²) < 4.78 is 1.65. The van der Waals surface area contributed by atoms with E-state index in [0.717, 1.165) is 25.0 Å². The first-order chi connectivity index (χ1) is 10.6. The Labute approximate surface area is 138 Å². The van der Waals surface area contributed by atoms with Crippen LogP contribution >= 0.6 is 0 Å². The molecule has 130 valence electrons. The molecule has 1 aromatic rings. The van der Waals surface area contributed by atoms with Gasteiger partial charge in [-0.15, -0.1) is 0 Å². The molecule has 1 saturated carbocycles. The van der Waals surface area contributed by atoms with E-state index in [9.17, 15) is 9.90 Å². The van der Waals surface area contributed by atoms with E-state index in [0.29, 0.717) is 11.7 Å². The zero-order chi connectivity index (χ0) is 17.3. The highest BCUT2D eigenvalue weighted by atomic mass is 16.3. The lowest BCUT2D eigenvalue weighted by Gasteiger charge is -2.47. The molecule has 2 unspecified atom stereocenters. The summed E-state index contributed by atoms with van der Waals surface area (Å²) in [6, 6.07) is 1.84. The fraction of sp³-hybridized carbons (Fsp3) is 0.765. The van der Waals surface area contributed by atoms with Gasteiger partial charge in [-0.3, -0.25) is 9.48 Å². The molecule has 1 heterocycles. The number of aromatic nitrogens is 2. The number of hydrogen-bond acceptors (Lipinski definition) is 4. The molecule has 6 heteroatoms. The lowest BCUT2D eigenvalue weighted by atomic mass is 9.64. The summed E-state index contributed by atoms with van der Waals surface area (Å²) in [6.45, 7) is 8.80. The van der Waals surface area contributed by atoms with Crippen LogP contribution in [0.25, 0.3) is 0 Å². The maximum atomic E-state index is 12.2. The Hall–Kier alpha value is -1.40. The zero-order valence-corrected chi connectivity index (χ0v) is 14.9. The number of aliphatic hydroxyl groups is 1. The molecule has 23 heavy (non-hydrogen) atoms. The lowest BCUT2D eigenvalue weighted by molar-refractivity contribution is -0.116. The van der Waals surface area contributed by atoms with E-state index < -0.39 is 0 Å². The van der Waals surface area contributed by atoms with Gasteiger partial charge in [0, 0.05) is 18.7 Å². The SMILES string of the molecule is Cc1cc(NC(=O)CNC2(CO)CC(C)CC(C)(C)C2)n(C)n1. The average Bonchev–Trinajstić information content (AvgIpc) is 2.72. The number of aliphatic hydroxyl groups excluding tert-OH is 1. The van der Waals surface area contributed by atoms with Crippen LogP contribution in [0.15, 0.2) is 6.07 Å². The van der Waals surface area contributed by atoms with Crippen molar-refractivity contribution >= 4 is 11.7 Å². The Morgan fingerprint density at radius 1 is 1.48 bits per heavy atom. The number of hydrogen-bond donors (Lipinski definition) is 3. The highest BCUT2D eigenvalue weighted by molar-refractivity contribution is 5.91. The summed E-state index contributed by atoms with van der Waals surface area (Å²) in [6.07, 6.45) is 2.92. The smallest absolute Gasteiger partial charge is 0.239 e. The Kier molecular flexibility index (Phi) is 5.16. The van der Waals surface area contributed by atoms with E-state index in [-0.39, 0.29) is 30.0 Å². The number of rotatable bonds is 5. The minimum absolute atomic E-state index is 0.0544. The maximum absolute atomic E-state index is 12.2. The van der Waals surface area contributed by atoms with Crippen LogP contribution < -0.4 is 10.6 Å². The number of nitrogens with one attached hydrogen (secondary N) is 2. The molecule has 1 amide bonds. The van der Waals surface area contributed by atoms with Crippen molar-refractivity contribution in [2.45, 2.75) is 52.5 Å². The normalized spacial score (nSPS) is 27.0. The van der Waals surface area contributed by atoms with E-state index in [4.69, 9.17) is 0 Å². The molecule has 0 radical (unpaired) electrons. The number of carbonyl (C=O) groups excluding carboxylic acids is 1. The summed E-state index contributed by atoms with van der Waals surface area (Å²) in [5, 5.41) is 20.3. The van der Waals surface area contributed by atoms with Crippen molar-refractivity contribution in [3.63, 3.8) is 0 Å². The van der Waals surface area contributed by atoms with Gasteiger partial charge in [0.15, 0.2) is 0 Å². The quantitative estimate of drug-likeness (QED) is 0.773. The largest absolute Gasteiger partial charge is 0.394 e. The van der Waals surface area contributed by atoms with Gasteiger partial charge < -0.3 is 15.7 Å². The summed E-state index contributed by atoms with van der Waals surface area (Å²) in [7, 11) is 1.80. The van der Waals surface area contributed by atoms with Gasteiger partial charge in [-0.2, -0.15) is 5.10 Å². The summed E-state index contributed by atoms with van der Waals surface area (Å²) in [5.74, 6) is 1.10. The highest BCUT2D eigenvalue weighted by Crippen LogP contribution is 2.43. The molecular weight excluding hydrogens is 292 g/mol. The first kappa shape index (κ1) is 17.9. The fourth-order valence-corrected chi connectivity index (χ4v) is 4.24. The Morgan fingerprint density at radius 2 is 2.17 bits per heavy atom. The molecule has 3 N–H and O–H groups in total. The molecule has 0 aromatic carbocycles. The van der Waals surface area contributed by atoms with Crippen LogP contribution in [0.2, 0.25) is 0 Å². The van der Waals surface area contributed by atoms with Gasteiger partial charge in [0.1, 0.15) is 5.82 Å². The number of nitrogens with zero attached hydrogens (tertiary/aromatic N) is 2. The summed E-state index contributed by atoms with van der Waals surface area (Å²) in [4.78, 5) is 12.2. The molecule has 1 aliphatic carbocycles. The number of anilines is 1. The van der Waals surface area contributed by atoms with Crippen molar-refractivity contribution in [2.75, 3.05) is 18.5 Å². The Balaban J connectivity index is 1.97. The van der Waals surface area contributed by atoms with E-state index in [1.165, 1.54) is 0 Å². The predicted octanol–water partition coefficient (Wildman–Crippen LogP) is 1.83. The van der Waals surface area contributed by atoms with Crippen molar-refractivity contribution in [1.29, 1.82) is 0 Å².